The molecule has 0 saturated carbocycles. The van der Waals surface area contributed by atoms with Gasteiger partial charge in [-0.2, -0.15) is 0 Å². The van der Waals surface area contributed by atoms with Gasteiger partial charge in [0.2, 0.25) is 29.5 Å². The first-order chi connectivity index (χ1) is 38.7. The molecule has 0 aliphatic rings. The maximum atomic E-state index is 13.2. The Morgan fingerprint density at radius 1 is 0.525 bits per heavy atom. The Kier molecular flexibility index (Phi) is 21.7. The van der Waals surface area contributed by atoms with Crippen LogP contribution in [0.3, 0.4) is 0 Å². The summed E-state index contributed by atoms with van der Waals surface area (Å²) in [7, 11) is 5.80. The smallest absolute Gasteiger partial charge is 0.251 e. The molecule has 0 bridgehead atoms. The van der Waals surface area contributed by atoms with E-state index in [0.29, 0.717) is 45.2 Å². The Morgan fingerprint density at radius 3 is 1.29 bits per heavy atom. The largest absolute Gasteiger partial charge is 0.438 e. The van der Waals surface area contributed by atoms with E-state index < -0.39 is 5.82 Å². The summed E-state index contributed by atoms with van der Waals surface area (Å²) in [5.74, 6) is 1.93. The topological polar surface area (TPSA) is 335 Å². The van der Waals surface area contributed by atoms with E-state index >= 15 is 0 Å². The summed E-state index contributed by atoms with van der Waals surface area (Å²) in [6.45, 7) is 2.00. The SMILES string of the molecule is CNC(=O)c1ccc(Oc2ncnc(N)c2/C=N/OC)cc1.CO/N=C/c1c(N)ncnc1Oc1ccc(CC(=O)Nc2ccc(C)cc2)cc1.CO/N=C/c1c(N)ncnc1Oc1ccc(CC(=O)Nc2cccc(F)c2)cc1. The van der Waals surface area contributed by atoms with E-state index in [0.717, 1.165) is 22.4 Å². The van der Waals surface area contributed by atoms with Crippen LogP contribution in [0, 0.1) is 12.7 Å². The normalized spacial score (nSPS) is 10.6. The number of nitrogens with zero attached hydrogens (tertiary/aromatic N) is 9. The Labute approximate surface area is 457 Å². The minimum absolute atomic E-state index is 0.0934. The average Bonchev–Trinajstić information content (AvgIpc) is 3.45. The van der Waals surface area contributed by atoms with Crippen molar-refractivity contribution in [3.05, 3.63) is 185 Å². The highest BCUT2D eigenvalue weighted by Crippen LogP contribution is 2.28. The van der Waals surface area contributed by atoms with E-state index in [4.69, 9.17) is 31.4 Å². The molecule has 24 nitrogen and oxygen atoms in total. The van der Waals surface area contributed by atoms with Gasteiger partial charge < -0.3 is 61.9 Å². The van der Waals surface area contributed by atoms with Crippen LogP contribution in [-0.4, -0.2) is 94.6 Å². The maximum absolute atomic E-state index is 13.2. The van der Waals surface area contributed by atoms with Crippen molar-refractivity contribution in [2.24, 2.45) is 15.5 Å². The number of hydrogen-bond donors (Lipinski definition) is 6. The molecule has 25 heteroatoms. The van der Waals surface area contributed by atoms with E-state index in [-0.39, 0.29) is 65.7 Å². The van der Waals surface area contributed by atoms with Crippen LogP contribution >= 0.6 is 0 Å². The molecular formula is C55H54FN15O9. The Hall–Kier alpha value is -11.1. The lowest BCUT2D eigenvalue weighted by atomic mass is 10.1. The number of amides is 3. The molecule has 3 heterocycles. The van der Waals surface area contributed by atoms with Gasteiger partial charge in [0.05, 0.1) is 31.5 Å². The highest BCUT2D eigenvalue weighted by Gasteiger charge is 2.15. The number of aromatic nitrogens is 6. The van der Waals surface area contributed by atoms with E-state index in [1.165, 1.54) is 77.2 Å². The summed E-state index contributed by atoms with van der Waals surface area (Å²) in [5, 5.41) is 19.0. The standard InChI is InChI=1S/C21H21N5O3.C20H18FN5O3.C14H15N5O3/c1-14-3-7-16(8-4-14)26-19(27)11-15-5-9-17(10-6-15)29-21-18(12-25-28-2)20(22)23-13-24-21;1-28-25-11-17-19(22)23-12-24-20(17)29-16-7-5-13(6-8-16)9-18(27)26-15-4-2-3-14(21)10-15;1-16-13(20)9-3-5-10(6-4-9)22-14-11(7-19-21-2)12(15)17-8-18-14/h3-10,12-13H,11H2,1-2H3,(H,26,27)(H2,22,23,24);2-8,10-12H,9H2,1H3,(H,26,27)(H2,22,23,24);3-8H,1-2H3,(H,16,20)(H2,15,17,18)/b25-12+;25-11+;19-7+. The van der Waals surface area contributed by atoms with Crippen LogP contribution in [0.25, 0.3) is 0 Å². The van der Waals surface area contributed by atoms with Crippen molar-refractivity contribution in [3.8, 4) is 34.9 Å². The molecule has 0 aliphatic carbocycles. The van der Waals surface area contributed by atoms with Gasteiger partial charge in [0.1, 0.15) is 97.5 Å². The summed E-state index contributed by atoms with van der Waals surface area (Å²) >= 11 is 0. The third-order valence-electron chi connectivity index (χ3n) is 10.5. The van der Waals surface area contributed by atoms with E-state index in [1.54, 1.807) is 73.8 Å². The van der Waals surface area contributed by atoms with Crippen LogP contribution in [0.4, 0.5) is 33.2 Å². The second kappa shape index (κ2) is 29.8. The molecular weight excluding hydrogens is 1030 g/mol. The molecule has 8 aromatic rings. The predicted molar refractivity (Wildman–Crippen MR) is 298 cm³/mol. The van der Waals surface area contributed by atoms with Crippen LogP contribution in [0.5, 0.6) is 34.9 Å². The molecule has 5 aromatic carbocycles. The molecule has 0 aliphatic heterocycles. The van der Waals surface area contributed by atoms with E-state index in [1.807, 2.05) is 43.3 Å². The number of nitrogens with one attached hydrogen (secondary N) is 3. The monoisotopic (exact) mass is 1090 g/mol. The molecule has 0 unspecified atom stereocenters. The van der Waals surface area contributed by atoms with Crippen molar-refractivity contribution in [2.45, 2.75) is 19.8 Å². The van der Waals surface area contributed by atoms with Crippen LogP contribution in [-0.2, 0) is 36.9 Å². The fraction of sp³-hybridized carbons (Fsp3) is 0.127. The zero-order valence-corrected chi connectivity index (χ0v) is 43.7. The van der Waals surface area contributed by atoms with E-state index in [2.05, 4.69) is 75.8 Å². The number of oxime groups is 3. The van der Waals surface area contributed by atoms with Crippen LogP contribution in [0.2, 0.25) is 0 Å². The van der Waals surface area contributed by atoms with Crippen molar-refractivity contribution in [2.75, 3.05) is 56.2 Å². The minimum Gasteiger partial charge on any atom is -0.438 e. The lowest BCUT2D eigenvalue weighted by Crippen LogP contribution is -2.17. The molecule has 9 N–H and O–H groups in total. The molecule has 410 valence electrons. The van der Waals surface area contributed by atoms with E-state index in [9.17, 15) is 18.8 Å². The van der Waals surface area contributed by atoms with Crippen LogP contribution in [0.1, 0.15) is 43.7 Å². The zero-order chi connectivity index (χ0) is 57.2. The Balaban J connectivity index is 0.000000196. The second-order valence-corrected chi connectivity index (χ2v) is 16.2. The molecule has 0 spiro atoms. The summed E-state index contributed by atoms with van der Waals surface area (Å²) in [4.78, 5) is 73.6. The fourth-order valence-electron chi connectivity index (χ4n) is 6.59. The number of carbonyl (C=O) groups excluding carboxylic acids is 3. The maximum Gasteiger partial charge on any atom is 0.251 e. The third-order valence-corrected chi connectivity index (χ3v) is 10.5. The van der Waals surface area contributed by atoms with Crippen LogP contribution in [0.15, 0.2) is 156 Å². The summed E-state index contributed by atoms with van der Waals surface area (Å²) in [6.07, 6.45) is 8.35. The number of aryl methyl sites for hydroxylation is 1. The summed E-state index contributed by atoms with van der Waals surface area (Å²) in [6, 6.07) is 34.0. The second-order valence-electron chi connectivity index (χ2n) is 16.2. The van der Waals surface area contributed by atoms with Crippen molar-refractivity contribution in [1.82, 2.24) is 35.2 Å². The Bertz CT molecular complexity index is 3430. The molecule has 3 amide bonds. The summed E-state index contributed by atoms with van der Waals surface area (Å²) in [5.41, 5.74) is 23.1. The van der Waals surface area contributed by atoms with Gasteiger partial charge in [-0.05, 0) is 96.9 Å². The number of benzene rings is 5. The Morgan fingerprint density at radius 2 is 0.912 bits per heavy atom. The highest BCUT2D eigenvalue weighted by molar-refractivity contribution is 5.95. The fourth-order valence-corrected chi connectivity index (χ4v) is 6.59. The lowest BCUT2D eigenvalue weighted by Gasteiger charge is -2.09. The zero-order valence-electron chi connectivity index (χ0n) is 43.7. The van der Waals surface area contributed by atoms with Crippen LogP contribution < -0.4 is 47.4 Å². The summed E-state index contributed by atoms with van der Waals surface area (Å²) < 4.78 is 30.4. The van der Waals surface area contributed by atoms with Gasteiger partial charge in [0, 0.05) is 24.0 Å². The number of carbonyl (C=O) groups is 3. The number of ether oxygens (including phenoxy) is 3. The first-order valence-corrected chi connectivity index (χ1v) is 23.7. The van der Waals surface area contributed by atoms with Crippen molar-refractivity contribution >= 4 is 65.2 Å². The first-order valence-electron chi connectivity index (χ1n) is 23.7. The van der Waals surface area contributed by atoms with Gasteiger partial charge in [0.25, 0.3) is 5.91 Å². The molecule has 0 fully saturated rings. The minimum atomic E-state index is -0.412. The lowest BCUT2D eigenvalue weighted by molar-refractivity contribution is -0.116. The van der Waals surface area contributed by atoms with Crippen molar-refractivity contribution in [1.29, 1.82) is 0 Å². The van der Waals surface area contributed by atoms with Gasteiger partial charge in [-0.15, -0.1) is 0 Å². The number of hydrogen-bond acceptors (Lipinski definition) is 21. The molecule has 0 atom stereocenters. The van der Waals surface area contributed by atoms with Crippen molar-refractivity contribution in [3.63, 3.8) is 0 Å². The molecule has 8 rings (SSSR count). The highest BCUT2D eigenvalue weighted by atomic mass is 19.1. The predicted octanol–water partition coefficient (Wildman–Crippen LogP) is 7.66. The van der Waals surface area contributed by atoms with Gasteiger partial charge in [0.15, 0.2) is 0 Å². The van der Waals surface area contributed by atoms with Gasteiger partial charge in [-0.3, -0.25) is 14.4 Å². The number of nitrogen functional groups attached to an aromatic ring is 3. The number of rotatable bonds is 19. The molecule has 3 aromatic heterocycles. The molecule has 0 saturated heterocycles. The molecule has 80 heavy (non-hydrogen) atoms. The third kappa shape index (κ3) is 18.0. The number of nitrogens with two attached hydrogens (primary N) is 3. The quantitative estimate of drug-likeness (QED) is 0.0334. The van der Waals surface area contributed by atoms with Gasteiger partial charge >= 0.3 is 0 Å². The number of anilines is 5. The van der Waals surface area contributed by atoms with Gasteiger partial charge in [-0.25, -0.2) is 34.3 Å². The first kappa shape index (κ1) is 58.2. The van der Waals surface area contributed by atoms with Crippen molar-refractivity contribution < 1.29 is 47.5 Å². The average molecular weight is 1090 g/mol. The van der Waals surface area contributed by atoms with Gasteiger partial charge in [-0.1, -0.05) is 63.5 Å². The molecule has 0 radical (unpaired) electrons. The number of halogens is 1.